The fraction of sp³-hybridized carbons (Fsp3) is 0.400. The van der Waals surface area contributed by atoms with Crippen LogP contribution in [0.3, 0.4) is 0 Å². The third-order valence-electron chi connectivity index (χ3n) is 7.04. The summed E-state index contributed by atoms with van der Waals surface area (Å²) >= 11 is 0. The lowest BCUT2D eigenvalue weighted by Crippen LogP contribution is -2.44. The van der Waals surface area contributed by atoms with Crippen LogP contribution < -0.4 is 4.90 Å². The van der Waals surface area contributed by atoms with E-state index in [0.717, 1.165) is 30.6 Å². The van der Waals surface area contributed by atoms with Crippen molar-refractivity contribution in [3.05, 3.63) is 84.6 Å². The highest BCUT2D eigenvalue weighted by Crippen LogP contribution is 2.38. The van der Waals surface area contributed by atoms with Crippen molar-refractivity contribution in [1.82, 2.24) is 19.1 Å². The Bertz CT molecular complexity index is 1210. The minimum absolute atomic E-state index is 0.0424. The largest absolute Gasteiger partial charge is 0.371 e. The predicted octanol–water partition coefficient (Wildman–Crippen LogP) is 4.13. The third kappa shape index (κ3) is 4.46. The van der Waals surface area contributed by atoms with E-state index in [4.69, 9.17) is 0 Å². The minimum Gasteiger partial charge on any atom is -0.371 e. The zero-order valence-corrected chi connectivity index (χ0v) is 20.0. The Morgan fingerprint density at radius 2 is 1.79 bits per heavy atom. The molecule has 179 valence electrons. The zero-order valence-electron chi connectivity index (χ0n) is 19.2. The lowest BCUT2D eigenvalue weighted by molar-refractivity contribution is 0.279. The molecule has 0 saturated carbocycles. The van der Waals surface area contributed by atoms with Gasteiger partial charge in [0.05, 0.1) is 0 Å². The first-order chi connectivity index (χ1) is 16.4. The normalized spacial score (nSPS) is 23.8. The maximum absolute atomic E-state index is 15.2. The summed E-state index contributed by atoms with van der Waals surface area (Å²) in [6.45, 7) is 3.42. The highest BCUT2D eigenvalue weighted by atomic mass is 32.2. The molecular weight excluding hydrogens is 453 g/mol. The Kier molecular flexibility index (Phi) is 6.40. The number of anilines is 1. The quantitative estimate of drug-likeness (QED) is 0.547. The summed E-state index contributed by atoms with van der Waals surface area (Å²) in [6, 6.07) is 14.5. The number of halogens is 1. The van der Waals surface area contributed by atoms with Crippen LogP contribution in [0.2, 0.25) is 0 Å². The molecule has 0 N–H and O–H groups in total. The van der Waals surface area contributed by atoms with Crippen molar-refractivity contribution < 1.29 is 12.8 Å². The Hall–Kier alpha value is -2.78. The fourth-order valence-electron chi connectivity index (χ4n) is 5.01. The number of aromatic nitrogens is 3. The molecule has 2 aliphatic rings. The number of hydrogen-bond donors (Lipinski definition) is 0. The highest BCUT2D eigenvalue weighted by molar-refractivity contribution is 7.89. The summed E-state index contributed by atoms with van der Waals surface area (Å²) in [4.78, 5) is 2.12. The number of piperidine rings is 1. The van der Waals surface area contributed by atoms with Gasteiger partial charge in [-0.15, -0.1) is 10.2 Å². The molecule has 3 atom stereocenters. The summed E-state index contributed by atoms with van der Waals surface area (Å²) in [6.07, 6.45) is 7.80. The molecule has 0 aliphatic carbocycles. The molecule has 0 bridgehead atoms. The average Bonchev–Trinajstić information content (AvgIpc) is 3.38. The molecule has 0 amide bonds. The van der Waals surface area contributed by atoms with Gasteiger partial charge in [0.1, 0.15) is 23.7 Å². The molecule has 2 aliphatic heterocycles. The smallest absolute Gasteiger partial charge is 0.221 e. The maximum atomic E-state index is 15.2. The molecule has 2 saturated heterocycles. The van der Waals surface area contributed by atoms with Gasteiger partial charge in [-0.25, -0.2) is 12.8 Å². The van der Waals surface area contributed by atoms with Gasteiger partial charge in [-0.1, -0.05) is 36.4 Å². The van der Waals surface area contributed by atoms with Crippen molar-refractivity contribution in [3.8, 4) is 0 Å². The van der Waals surface area contributed by atoms with Gasteiger partial charge in [0.25, 0.3) is 0 Å². The molecule has 1 radical (unpaired) electrons. The number of benzene rings is 2. The van der Waals surface area contributed by atoms with E-state index in [1.807, 2.05) is 47.9 Å². The lowest BCUT2D eigenvalue weighted by atomic mass is 10.0. The van der Waals surface area contributed by atoms with Crippen molar-refractivity contribution in [3.63, 3.8) is 0 Å². The SMILES string of the molecule is C[C@H]1CC[C@H](c2ccccc2)S(=O)(=O)N1Cc1ccc(N2C[CH][C@H](n3cnnc3)CC2)cc1F. The van der Waals surface area contributed by atoms with Crippen LogP contribution in [-0.4, -0.2) is 46.6 Å². The molecule has 34 heavy (non-hydrogen) atoms. The first kappa shape index (κ1) is 23.0. The monoisotopic (exact) mass is 482 g/mol. The van der Waals surface area contributed by atoms with Gasteiger partial charge in [-0.3, -0.25) is 0 Å². The molecule has 3 aromatic rings. The second kappa shape index (κ2) is 9.46. The van der Waals surface area contributed by atoms with Crippen molar-refractivity contribution in [2.75, 3.05) is 18.0 Å². The first-order valence-electron chi connectivity index (χ1n) is 11.7. The van der Waals surface area contributed by atoms with Gasteiger partial charge >= 0.3 is 0 Å². The number of nitrogens with zero attached hydrogens (tertiary/aromatic N) is 5. The van der Waals surface area contributed by atoms with Crippen LogP contribution in [0.25, 0.3) is 0 Å². The summed E-state index contributed by atoms with van der Waals surface area (Å²) in [5.41, 5.74) is 1.99. The number of sulfonamides is 1. The maximum Gasteiger partial charge on any atom is 0.221 e. The molecule has 7 nitrogen and oxygen atoms in total. The molecule has 2 aromatic carbocycles. The molecule has 0 spiro atoms. The van der Waals surface area contributed by atoms with Gasteiger partial charge < -0.3 is 9.47 Å². The Labute approximate surface area is 200 Å². The van der Waals surface area contributed by atoms with Crippen LogP contribution in [0.15, 0.2) is 61.2 Å². The second-order valence-corrected chi connectivity index (χ2v) is 11.2. The highest BCUT2D eigenvalue weighted by Gasteiger charge is 2.40. The zero-order chi connectivity index (χ0) is 23.7. The fourth-order valence-corrected chi connectivity index (χ4v) is 7.20. The van der Waals surface area contributed by atoms with E-state index in [9.17, 15) is 8.42 Å². The Morgan fingerprint density at radius 3 is 2.47 bits per heavy atom. The molecule has 3 heterocycles. The first-order valence-corrected chi connectivity index (χ1v) is 13.2. The van der Waals surface area contributed by atoms with Gasteiger partial charge in [0, 0.05) is 49.4 Å². The van der Waals surface area contributed by atoms with Crippen molar-refractivity contribution >= 4 is 15.7 Å². The van der Waals surface area contributed by atoms with Gasteiger partial charge in [0.15, 0.2) is 0 Å². The minimum atomic E-state index is -3.60. The van der Waals surface area contributed by atoms with E-state index in [1.54, 1.807) is 18.7 Å². The van der Waals surface area contributed by atoms with E-state index in [0.29, 0.717) is 18.5 Å². The Balaban J connectivity index is 1.30. The summed E-state index contributed by atoms with van der Waals surface area (Å²) in [5.74, 6) is -0.373. The summed E-state index contributed by atoms with van der Waals surface area (Å²) in [7, 11) is -3.60. The second-order valence-electron chi connectivity index (χ2n) is 9.14. The van der Waals surface area contributed by atoms with Crippen molar-refractivity contribution in [2.24, 2.45) is 0 Å². The average molecular weight is 483 g/mol. The number of rotatable bonds is 5. The lowest BCUT2D eigenvalue weighted by Gasteiger charge is -2.37. The van der Waals surface area contributed by atoms with E-state index in [2.05, 4.69) is 21.5 Å². The van der Waals surface area contributed by atoms with Gasteiger partial charge in [0.2, 0.25) is 10.0 Å². The van der Waals surface area contributed by atoms with E-state index < -0.39 is 15.3 Å². The molecule has 0 unspecified atom stereocenters. The van der Waals surface area contributed by atoms with Crippen LogP contribution in [-0.2, 0) is 16.6 Å². The van der Waals surface area contributed by atoms with E-state index in [1.165, 1.54) is 10.4 Å². The Morgan fingerprint density at radius 1 is 1.03 bits per heavy atom. The third-order valence-corrected chi connectivity index (χ3v) is 9.41. The van der Waals surface area contributed by atoms with E-state index >= 15 is 4.39 Å². The molecule has 5 rings (SSSR count). The van der Waals surface area contributed by atoms with Crippen LogP contribution in [0, 0.1) is 12.2 Å². The molecule has 1 aromatic heterocycles. The number of hydrogen-bond acceptors (Lipinski definition) is 5. The van der Waals surface area contributed by atoms with Crippen LogP contribution in [0.4, 0.5) is 10.1 Å². The van der Waals surface area contributed by atoms with Crippen molar-refractivity contribution in [1.29, 1.82) is 0 Å². The molecule has 2 fully saturated rings. The molecule has 9 heteroatoms. The summed E-state index contributed by atoms with van der Waals surface area (Å²) in [5, 5.41) is 7.14. The van der Waals surface area contributed by atoms with Gasteiger partial charge in [-0.2, -0.15) is 4.31 Å². The standard InChI is InChI=1S/C25H29FN5O2S/c1-19-7-10-25(20-5-3-2-4-6-20)34(32,33)31(19)16-21-8-9-23(15-24(21)26)29-13-11-22(12-14-29)30-17-27-28-18-30/h2-6,8-9,11,15,17-19,22,25H,7,10,12-14,16H2,1H3/t19-,22-,25+/m0/s1. The topological polar surface area (TPSA) is 71.3 Å². The van der Waals surface area contributed by atoms with Crippen LogP contribution in [0.5, 0.6) is 0 Å². The van der Waals surface area contributed by atoms with Crippen LogP contribution in [0.1, 0.15) is 48.6 Å². The van der Waals surface area contributed by atoms with Crippen LogP contribution >= 0.6 is 0 Å². The van der Waals surface area contributed by atoms with Crippen molar-refractivity contribution in [2.45, 2.75) is 50.1 Å². The molecular formula is C25H29FN5O2S. The van der Waals surface area contributed by atoms with Gasteiger partial charge in [-0.05, 0) is 43.9 Å². The van der Waals surface area contributed by atoms with E-state index in [-0.39, 0.29) is 24.4 Å². The predicted molar refractivity (Wildman–Crippen MR) is 129 cm³/mol. The summed E-state index contributed by atoms with van der Waals surface area (Å²) < 4.78 is 45.6.